The molecule has 1 saturated heterocycles. The smallest absolute Gasteiger partial charge is 0.228 e. The van der Waals surface area contributed by atoms with Gasteiger partial charge in [0, 0.05) is 56.9 Å². The molecule has 182 valence electrons. The second-order valence-corrected chi connectivity index (χ2v) is 10.6. The Labute approximate surface area is 204 Å². The van der Waals surface area contributed by atoms with Gasteiger partial charge in [-0.1, -0.05) is 0 Å². The number of nitrogens with one attached hydrogen (secondary N) is 1. The number of fused-ring (bicyclic) bond motifs is 2. The maximum absolute atomic E-state index is 13.3. The summed E-state index contributed by atoms with van der Waals surface area (Å²) < 4.78 is 28.1. The fourth-order valence-electron chi connectivity index (χ4n) is 4.89. The van der Waals surface area contributed by atoms with E-state index in [1.54, 1.807) is 24.1 Å². The maximum atomic E-state index is 13.3. The van der Waals surface area contributed by atoms with Crippen LogP contribution in [0.1, 0.15) is 24.4 Å². The minimum Gasteiger partial charge on any atom is -0.364 e. The third-order valence-electron chi connectivity index (χ3n) is 6.78. The predicted octanol–water partition coefficient (Wildman–Crippen LogP) is 1.59. The fraction of sp³-hybridized carbons (Fsp3) is 0.435. The van der Waals surface area contributed by atoms with Crippen molar-refractivity contribution in [2.24, 2.45) is 0 Å². The Bertz CT molecular complexity index is 1330. The number of rotatable bonds is 4. The van der Waals surface area contributed by atoms with E-state index in [1.165, 1.54) is 12.1 Å². The molecular weight excluding hydrogens is 471 g/mol. The van der Waals surface area contributed by atoms with E-state index in [-0.39, 0.29) is 17.8 Å². The second-order valence-electron chi connectivity index (χ2n) is 9.12. The molecule has 3 aromatic rings. The van der Waals surface area contributed by atoms with Crippen LogP contribution in [0.5, 0.6) is 0 Å². The van der Waals surface area contributed by atoms with Gasteiger partial charge in [0.2, 0.25) is 11.9 Å². The van der Waals surface area contributed by atoms with E-state index in [2.05, 4.69) is 20.4 Å². The van der Waals surface area contributed by atoms with E-state index in [9.17, 15) is 13.4 Å². The number of carbonyl (C=O) groups is 1. The van der Waals surface area contributed by atoms with Gasteiger partial charge < -0.3 is 19.7 Å². The van der Waals surface area contributed by atoms with Crippen LogP contribution in [-0.2, 0) is 35.1 Å². The summed E-state index contributed by atoms with van der Waals surface area (Å²) in [7, 11) is 0.662. The van der Waals surface area contributed by atoms with Gasteiger partial charge in [-0.2, -0.15) is 4.98 Å². The van der Waals surface area contributed by atoms with Crippen molar-refractivity contribution in [3.63, 3.8) is 0 Å². The lowest BCUT2D eigenvalue weighted by Gasteiger charge is -2.32. The average Bonchev–Trinajstić information content (AvgIpc) is 3.45. The highest BCUT2D eigenvalue weighted by Crippen LogP contribution is 2.32. The lowest BCUT2D eigenvalue weighted by molar-refractivity contribution is -0.132. The highest BCUT2D eigenvalue weighted by Gasteiger charge is 2.31. The predicted molar refractivity (Wildman–Crippen MR) is 128 cm³/mol. The Balaban J connectivity index is 1.27. The zero-order valence-electron chi connectivity index (χ0n) is 19.3. The van der Waals surface area contributed by atoms with Crippen LogP contribution in [0.2, 0.25) is 0 Å². The van der Waals surface area contributed by atoms with Gasteiger partial charge in [-0.3, -0.25) is 9.00 Å². The van der Waals surface area contributed by atoms with Crippen LogP contribution >= 0.6 is 0 Å². The summed E-state index contributed by atoms with van der Waals surface area (Å²) >= 11 is 0. The zero-order valence-corrected chi connectivity index (χ0v) is 20.1. The number of benzene rings is 1. The van der Waals surface area contributed by atoms with Crippen LogP contribution < -0.4 is 10.2 Å². The lowest BCUT2D eigenvalue weighted by Crippen LogP contribution is -2.43. The van der Waals surface area contributed by atoms with Crippen molar-refractivity contribution in [1.82, 2.24) is 29.6 Å². The number of aromatic nitrogens is 5. The van der Waals surface area contributed by atoms with E-state index in [0.29, 0.717) is 73.7 Å². The molecule has 3 aliphatic rings. The topological polar surface area (TPSA) is 109 Å². The molecule has 0 radical (unpaired) electrons. The van der Waals surface area contributed by atoms with Gasteiger partial charge in [-0.05, 0) is 30.7 Å². The molecule has 12 heteroatoms. The molecule has 0 saturated carbocycles. The summed E-state index contributed by atoms with van der Waals surface area (Å²) in [6.07, 6.45) is 1.84. The number of carbonyl (C=O) groups excluding carboxylic acids is 1. The van der Waals surface area contributed by atoms with E-state index in [1.807, 2.05) is 4.57 Å². The van der Waals surface area contributed by atoms with Gasteiger partial charge in [0.15, 0.2) is 11.6 Å². The van der Waals surface area contributed by atoms with Crippen LogP contribution in [0.3, 0.4) is 0 Å². The third kappa shape index (κ3) is 4.05. The first-order valence-electron chi connectivity index (χ1n) is 11.7. The normalized spacial score (nSPS) is 21.7. The molecule has 10 nitrogen and oxygen atoms in total. The first-order chi connectivity index (χ1) is 17.0. The van der Waals surface area contributed by atoms with Crippen molar-refractivity contribution in [3.05, 3.63) is 41.6 Å². The minimum atomic E-state index is -1.14. The molecule has 1 N–H and O–H groups in total. The highest BCUT2D eigenvalue weighted by molar-refractivity contribution is 7.85. The van der Waals surface area contributed by atoms with Crippen molar-refractivity contribution >= 4 is 28.5 Å². The van der Waals surface area contributed by atoms with Gasteiger partial charge in [0.05, 0.1) is 23.0 Å². The number of likely N-dealkylation sites (tertiary alicyclic amines) is 1. The summed E-state index contributed by atoms with van der Waals surface area (Å²) in [5, 5.41) is 12.2. The highest BCUT2D eigenvalue weighted by atomic mass is 32.2. The summed E-state index contributed by atoms with van der Waals surface area (Å²) in [6, 6.07) is 6.30. The Morgan fingerprint density at radius 1 is 1.11 bits per heavy atom. The molecule has 1 amide bonds. The van der Waals surface area contributed by atoms with Crippen molar-refractivity contribution in [3.8, 4) is 11.4 Å². The lowest BCUT2D eigenvalue weighted by atomic mass is 10.1. The summed E-state index contributed by atoms with van der Waals surface area (Å²) in [4.78, 5) is 25.9. The number of amides is 1. The zero-order chi connectivity index (χ0) is 24.1. The number of halogens is 1. The molecule has 35 heavy (non-hydrogen) atoms. The van der Waals surface area contributed by atoms with Crippen LogP contribution in [0.25, 0.3) is 11.4 Å². The van der Waals surface area contributed by atoms with Gasteiger partial charge in [-0.25, -0.2) is 9.37 Å². The Kier molecular flexibility index (Phi) is 5.47. The molecule has 0 bridgehead atoms. The number of piperidine rings is 1. The number of nitrogens with zero attached hydrogens (tertiary/aromatic N) is 7. The largest absolute Gasteiger partial charge is 0.364 e. The molecule has 0 spiro atoms. The third-order valence-corrected chi connectivity index (χ3v) is 8.24. The minimum absolute atomic E-state index is 0.0462. The van der Waals surface area contributed by atoms with Crippen molar-refractivity contribution in [2.75, 3.05) is 36.1 Å². The monoisotopic (exact) mass is 496 g/mol. The molecule has 1 unspecified atom stereocenters. The van der Waals surface area contributed by atoms with Gasteiger partial charge in [0.25, 0.3) is 0 Å². The Hall–Kier alpha value is -3.41. The van der Waals surface area contributed by atoms with E-state index >= 15 is 0 Å². The van der Waals surface area contributed by atoms with E-state index in [4.69, 9.17) is 9.97 Å². The summed E-state index contributed by atoms with van der Waals surface area (Å²) in [5.41, 5.74) is 1.63. The number of likely N-dealkylation sites (N-methyl/N-ethyl adjacent to an activating group) is 1. The number of hydrogen-bond acceptors (Lipinski definition) is 8. The molecule has 6 rings (SSSR count). The van der Waals surface area contributed by atoms with Crippen LogP contribution in [0.4, 0.5) is 16.2 Å². The molecule has 3 aliphatic heterocycles. The van der Waals surface area contributed by atoms with E-state index < -0.39 is 10.8 Å². The Morgan fingerprint density at radius 2 is 1.94 bits per heavy atom. The van der Waals surface area contributed by atoms with Crippen molar-refractivity contribution in [2.45, 2.75) is 43.3 Å². The number of hydrogen-bond donors (Lipinski definition) is 1. The van der Waals surface area contributed by atoms with Crippen LogP contribution in [0.15, 0.2) is 29.2 Å². The van der Waals surface area contributed by atoms with Gasteiger partial charge >= 0.3 is 0 Å². The second kappa shape index (κ2) is 8.67. The molecular formula is C23H25FN8O2S. The molecule has 2 aromatic heterocycles. The standard InChI is InChI=1S/C23H25FN8O2S/c1-30-12-16(6-7-19(30)33)25-21-20-17(8-11-35(20)34)26-23(27-21)31-9-10-32-18(13-31)28-29-22(32)14-2-4-15(24)5-3-14/h2-5,16H,6-13H2,1H3,(H,25,26,27)/t16-,35?/m0/s1. The van der Waals surface area contributed by atoms with Crippen LogP contribution in [0, 0.1) is 5.82 Å². The molecule has 0 aliphatic carbocycles. The average molecular weight is 497 g/mol. The number of anilines is 2. The van der Waals surface area contributed by atoms with Gasteiger partial charge in [0.1, 0.15) is 16.5 Å². The SMILES string of the molecule is CN1C[C@@H](Nc2nc(N3CCn4c(nnc4-c4ccc(F)cc4)C3)nc3c2S(=O)CC3)CCC1=O. The molecule has 2 atom stereocenters. The van der Waals surface area contributed by atoms with Crippen LogP contribution in [-0.4, -0.2) is 71.7 Å². The molecule has 1 aromatic carbocycles. The van der Waals surface area contributed by atoms with Crippen molar-refractivity contribution in [1.29, 1.82) is 0 Å². The van der Waals surface area contributed by atoms with Gasteiger partial charge in [-0.15, -0.1) is 10.2 Å². The number of aryl methyl sites for hydroxylation is 1. The summed E-state index contributed by atoms with van der Waals surface area (Å²) in [6.45, 7) is 2.36. The first-order valence-corrected chi connectivity index (χ1v) is 13.0. The fourth-order valence-corrected chi connectivity index (χ4v) is 6.20. The summed E-state index contributed by atoms with van der Waals surface area (Å²) in [5.74, 6) is 3.06. The quantitative estimate of drug-likeness (QED) is 0.580. The molecule has 1 fully saturated rings. The first kappa shape index (κ1) is 22.1. The van der Waals surface area contributed by atoms with E-state index in [0.717, 1.165) is 17.1 Å². The molecule has 5 heterocycles. The van der Waals surface area contributed by atoms with Crippen molar-refractivity contribution < 1.29 is 13.4 Å². The Morgan fingerprint density at radius 3 is 2.74 bits per heavy atom. The maximum Gasteiger partial charge on any atom is 0.228 e.